The van der Waals surface area contributed by atoms with E-state index in [0.29, 0.717) is 47.1 Å². The maximum Gasteiger partial charge on any atom is 0.261 e. The molecular formula is C34H27NO4. The Bertz CT molecular complexity index is 1570. The van der Waals surface area contributed by atoms with Crippen molar-refractivity contribution in [2.45, 2.75) is 18.9 Å². The van der Waals surface area contributed by atoms with Crippen LogP contribution in [0.15, 0.2) is 133 Å². The van der Waals surface area contributed by atoms with Gasteiger partial charge in [-0.2, -0.15) is 0 Å². The zero-order valence-electron chi connectivity index (χ0n) is 21.2. The highest BCUT2D eigenvalue weighted by Gasteiger charge is 2.51. The van der Waals surface area contributed by atoms with Crippen LogP contribution in [0.3, 0.4) is 0 Å². The number of aliphatic hydroxyl groups is 1. The van der Waals surface area contributed by atoms with Crippen molar-refractivity contribution in [1.29, 1.82) is 0 Å². The summed E-state index contributed by atoms with van der Waals surface area (Å²) in [6, 6.07) is 41.5. The molecule has 1 heterocycles. The van der Waals surface area contributed by atoms with E-state index in [1.165, 1.54) is 4.90 Å². The van der Waals surface area contributed by atoms with Crippen molar-refractivity contribution < 1.29 is 19.4 Å². The maximum atomic E-state index is 13.8. The van der Waals surface area contributed by atoms with Crippen LogP contribution in [0.4, 0.5) is 5.69 Å². The van der Waals surface area contributed by atoms with Crippen molar-refractivity contribution in [3.05, 3.63) is 161 Å². The topological polar surface area (TPSA) is 59.0 Å². The molecule has 1 amide bonds. The van der Waals surface area contributed by atoms with Crippen LogP contribution in [-0.2, 0) is 18.9 Å². The molecule has 0 fully saturated rings. The summed E-state index contributed by atoms with van der Waals surface area (Å²) in [5, 5.41) is 12.3. The number of hydrogen-bond acceptors (Lipinski definition) is 4. The highest BCUT2D eigenvalue weighted by Crippen LogP contribution is 2.46. The van der Waals surface area contributed by atoms with E-state index in [1.807, 2.05) is 103 Å². The van der Waals surface area contributed by atoms with E-state index in [4.69, 9.17) is 9.47 Å². The van der Waals surface area contributed by atoms with Crippen molar-refractivity contribution >= 4 is 11.6 Å². The average Bonchev–Trinajstić information content (AvgIpc) is 3.23. The Hall–Kier alpha value is -4.87. The molecule has 192 valence electrons. The monoisotopic (exact) mass is 513 g/mol. The third kappa shape index (κ3) is 4.76. The minimum atomic E-state index is -1.72. The number of rotatable bonds is 8. The number of carbonyl (C=O) groups excluding carboxylic acids is 1. The molecule has 1 N–H and O–H groups in total. The van der Waals surface area contributed by atoms with E-state index in [0.717, 1.165) is 11.1 Å². The Morgan fingerprint density at radius 2 is 1.13 bits per heavy atom. The summed E-state index contributed by atoms with van der Waals surface area (Å²) in [7, 11) is 0. The molecule has 5 heteroatoms. The standard InChI is InChI=1S/C34H27NO4/c36-33-31-21-20-30(39-24-26-12-6-2-7-13-26)22-32(31)34(37,27-14-8-3-9-15-27)35(33)28-16-18-29(19-17-28)38-23-25-10-4-1-5-11-25/h1-22,37H,23-24H2. The van der Waals surface area contributed by atoms with Gasteiger partial charge < -0.3 is 14.6 Å². The third-order valence-corrected chi connectivity index (χ3v) is 6.89. The number of benzene rings is 5. The van der Waals surface area contributed by atoms with Gasteiger partial charge in [-0.1, -0.05) is 91.0 Å². The molecule has 0 radical (unpaired) electrons. The lowest BCUT2D eigenvalue weighted by Crippen LogP contribution is -2.45. The molecule has 5 aromatic carbocycles. The fraction of sp³-hybridized carbons (Fsp3) is 0.0882. The summed E-state index contributed by atoms with van der Waals surface area (Å²) in [6.07, 6.45) is 0. The smallest absolute Gasteiger partial charge is 0.261 e. The van der Waals surface area contributed by atoms with Gasteiger partial charge >= 0.3 is 0 Å². The van der Waals surface area contributed by atoms with Gasteiger partial charge in [0.1, 0.15) is 24.7 Å². The summed E-state index contributed by atoms with van der Waals surface area (Å²) in [4.78, 5) is 15.2. The van der Waals surface area contributed by atoms with Gasteiger partial charge in [0.15, 0.2) is 5.72 Å². The van der Waals surface area contributed by atoms with Crippen LogP contribution in [0.1, 0.15) is 32.6 Å². The summed E-state index contributed by atoms with van der Waals surface area (Å²) in [6.45, 7) is 0.819. The normalized spacial score (nSPS) is 16.1. The van der Waals surface area contributed by atoms with Gasteiger partial charge in [-0.15, -0.1) is 0 Å². The molecule has 1 aliphatic rings. The van der Waals surface area contributed by atoms with Crippen LogP contribution < -0.4 is 14.4 Å². The summed E-state index contributed by atoms with van der Waals surface area (Å²) < 4.78 is 12.0. The van der Waals surface area contributed by atoms with E-state index in [1.54, 1.807) is 30.3 Å². The first-order valence-corrected chi connectivity index (χ1v) is 12.8. The Balaban J connectivity index is 1.32. The SMILES string of the molecule is O=C1c2ccc(OCc3ccccc3)cc2C(O)(c2ccccc2)N1c1ccc(OCc2ccccc2)cc1. The number of amides is 1. The molecule has 1 atom stereocenters. The van der Waals surface area contributed by atoms with Crippen LogP contribution in [0.2, 0.25) is 0 Å². The van der Waals surface area contributed by atoms with Gasteiger partial charge in [0.05, 0.1) is 0 Å². The first-order chi connectivity index (χ1) is 19.1. The lowest BCUT2D eigenvalue weighted by Gasteiger charge is -2.35. The van der Waals surface area contributed by atoms with Gasteiger partial charge in [-0.05, 0) is 53.6 Å². The lowest BCUT2D eigenvalue weighted by molar-refractivity contribution is 0.0702. The number of hydrogen-bond donors (Lipinski definition) is 1. The fourth-order valence-electron chi connectivity index (χ4n) is 4.91. The second-order valence-electron chi connectivity index (χ2n) is 9.43. The van der Waals surface area contributed by atoms with Gasteiger partial charge in [-0.25, -0.2) is 0 Å². The van der Waals surface area contributed by atoms with Crippen LogP contribution in [0.25, 0.3) is 0 Å². The van der Waals surface area contributed by atoms with E-state index in [-0.39, 0.29) is 5.91 Å². The molecular weight excluding hydrogens is 486 g/mol. The summed E-state index contributed by atoms with van der Waals surface area (Å²) in [5.41, 5.74) is 2.43. The molecule has 5 nitrogen and oxygen atoms in total. The second-order valence-corrected chi connectivity index (χ2v) is 9.43. The first-order valence-electron chi connectivity index (χ1n) is 12.8. The third-order valence-electron chi connectivity index (χ3n) is 6.89. The van der Waals surface area contributed by atoms with Crippen molar-refractivity contribution in [2.24, 2.45) is 0 Å². The molecule has 0 saturated carbocycles. The molecule has 1 unspecified atom stereocenters. The van der Waals surface area contributed by atoms with Crippen molar-refractivity contribution in [1.82, 2.24) is 0 Å². The molecule has 6 rings (SSSR count). The second kappa shape index (κ2) is 10.5. The zero-order valence-corrected chi connectivity index (χ0v) is 21.2. The molecule has 5 aromatic rings. The summed E-state index contributed by atoms with van der Waals surface area (Å²) >= 11 is 0. The molecule has 0 spiro atoms. The molecule has 0 aliphatic carbocycles. The van der Waals surface area contributed by atoms with Gasteiger partial charge in [-0.3, -0.25) is 9.69 Å². The Kier molecular flexibility index (Phi) is 6.57. The highest BCUT2D eigenvalue weighted by atomic mass is 16.5. The number of fused-ring (bicyclic) bond motifs is 1. The van der Waals surface area contributed by atoms with Crippen LogP contribution in [0.5, 0.6) is 11.5 Å². The highest BCUT2D eigenvalue weighted by molar-refractivity contribution is 6.12. The molecule has 0 bridgehead atoms. The van der Waals surface area contributed by atoms with Crippen molar-refractivity contribution in [3.8, 4) is 11.5 Å². The molecule has 1 aliphatic heterocycles. The van der Waals surface area contributed by atoms with E-state index >= 15 is 0 Å². The van der Waals surface area contributed by atoms with Crippen LogP contribution in [-0.4, -0.2) is 11.0 Å². The van der Waals surface area contributed by atoms with Crippen molar-refractivity contribution in [2.75, 3.05) is 4.90 Å². The predicted molar refractivity (Wildman–Crippen MR) is 151 cm³/mol. The Morgan fingerprint density at radius 3 is 1.72 bits per heavy atom. The van der Waals surface area contributed by atoms with E-state index in [9.17, 15) is 9.90 Å². The first kappa shape index (κ1) is 24.5. The molecule has 0 aromatic heterocycles. The maximum absolute atomic E-state index is 13.8. The molecule has 39 heavy (non-hydrogen) atoms. The van der Waals surface area contributed by atoms with E-state index < -0.39 is 5.72 Å². The Morgan fingerprint density at radius 1 is 0.615 bits per heavy atom. The Labute approximate surface area is 227 Å². The lowest BCUT2D eigenvalue weighted by atomic mass is 9.93. The predicted octanol–water partition coefficient (Wildman–Crippen LogP) is 6.70. The van der Waals surface area contributed by atoms with Gasteiger partial charge in [0, 0.05) is 22.4 Å². The van der Waals surface area contributed by atoms with Crippen LogP contribution >= 0.6 is 0 Å². The minimum absolute atomic E-state index is 0.288. The van der Waals surface area contributed by atoms with E-state index in [2.05, 4.69) is 0 Å². The average molecular weight is 514 g/mol. The largest absolute Gasteiger partial charge is 0.489 e. The van der Waals surface area contributed by atoms with Crippen LogP contribution in [0, 0.1) is 0 Å². The zero-order chi connectivity index (χ0) is 26.7. The number of ether oxygens (including phenoxy) is 2. The number of nitrogens with zero attached hydrogens (tertiary/aromatic N) is 1. The van der Waals surface area contributed by atoms with Gasteiger partial charge in [0.2, 0.25) is 0 Å². The fourth-order valence-corrected chi connectivity index (χ4v) is 4.91. The van der Waals surface area contributed by atoms with Gasteiger partial charge in [0.25, 0.3) is 5.91 Å². The number of carbonyl (C=O) groups is 1. The minimum Gasteiger partial charge on any atom is -0.489 e. The summed E-state index contributed by atoms with van der Waals surface area (Å²) in [5.74, 6) is 0.960. The number of anilines is 1. The molecule has 0 saturated heterocycles. The quantitative estimate of drug-likeness (QED) is 0.251. The van der Waals surface area contributed by atoms with Crippen molar-refractivity contribution in [3.63, 3.8) is 0 Å².